The lowest BCUT2D eigenvalue weighted by Gasteiger charge is -2.39. The Labute approximate surface area is 137 Å². The minimum atomic E-state index is -2.25. The summed E-state index contributed by atoms with van der Waals surface area (Å²) in [5.74, 6) is -1.15. The highest BCUT2D eigenvalue weighted by atomic mass is 28.4. The van der Waals surface area contributed by atoms with Gasteiger partial charge >= 0.3 is 5.97 Å². The van der Waals surface area contributed by atoms with Gasteiger partial charge in [-0.25, -0.2) is 4.79 Å². The summed E-state index contributed by atoms with van der Waals surface area (Å²) < 4.78 is 6.20. The van der Waals surface area contributed by atoms with E-state index < -0.39 is 25.3 Å². The SMILES string of the molecule is C=C(C(=O)O)C(O[Si](C)(C)C(C)(C)C)c1ccc([N+](=O)[O-])cc1. The number of aliphatic carboxylic acids is 1. The third-order valence-corrected chi connectivity index (χ3v) is 8.65. The Hall–Kier alpha value is -1.99. The number of rotatable bonds is 6. The molecule has 1 N–H and O–H groups in total. The van der Waals surface area contributed by atoms with Crippen LogP contribution in [0.5, 0.6) is 0 Å². The van der Waals surface area contributed by atoms with Gasteiger partial charge in [-0.15, -0.1) is 0 Å². The molecule has 0 fully saturated rings. The summed E-state index contributed by atoms with van der Waals surface area (Å²) in [6.07, 6.45) is -0.825. The molecule has 0 saturated carbocycles. The zero-order valence-corrected chi connectivity index (χ0v) is 15.1. The van der Waals surface area contributed by atoms with Crippen LogP contribution in [0, 0.1) is 10.1 Å². The third-order valence-electron chi connectivity index (χ3n) is 4.22. The Morgan fingerprint density at radius 3 is 2.13 bits per heavy atom. The molecule has 0 spiro atoms. The molecule has 1 atom stereocenters. The Balaban J connectivity index is 3.24. The molecule has 0 heterocycles. The molecular formula is C16H23NO5Si. The minimum Gasteiger partial charge on any atom is -0.478 e. The van der Waals surface area contributed by atoms with Crippen LogP contribution < -0.4 is 0 Å². The van der Waals surface area contributed by atoms with Gasteiger partial charge in [-0.2, -0.15) is 0 Å². The van der Waals surface area contributed by atoms with Crippen LogP contribution in [-0.2, 0) is 9.22 Å². The second-order valence-electron chi connectivity index (χ2n) is 6.94. The first kappa shape index (κ1) is 19.1. The van der Waals surface area contributed by atoms with Crippen molar-refractivity contribution in [2.24, 2.45) is 0 Å². The number of hydrogen-bond donors (Lipinski definition) is 1. The predicted octanol–water partition coefficient (Wildman–Crippen LogP) is 4.30. The van der Waals surface area contributed by atoms with Crippen molar-refractivity contribution < 1.29 is 19.3 Å². The molecule has 23 heavy (non-hydrogen) atoms. The van der Waals surface area contributed by atoms with Crippen LogP contribution in [0.1, 0.15) is 32.4 Å². The van der Waals surface area contributed by atoms with Gasteiger partial charge in [0.05, 0.1) is 10.5 Å². The van der Waals surface area contributed by atoms with E-state index in [0.717, 1.165) is 0 Å². The molecule has 0 saturated heterocycles. The maximum atomic E-state index is 11.4. The summed E-state index contributed by atoms with van der Waals surface area (Å²) in [4.78, 5) is 21.6. The Bertz CT molecular complexity index is 616. The molecule has 126 valence electrons. The molecular weight excluding hydrogens is 314 g/mol. The Morgan fingerprint density at radius 2 is 1.78 bits per heavy atom. The van der Waals surface area contributed by atoms with Crippen molar-refractivity contribution in [3.8, 4) is 0 Å². The van der Waals surface area contributed by atoms with Gasteiger partial charge in [-0.1, -0.05) is 27.4 Å². The van der Waals surface area contributed by atoms with Crippen LogP contribution in [0.4, 0.5) is 5.69 Å². The zero-order valence-electron chi connectivity index (χ0n) is 14.1. The second-order valence-corrected chi connectivity index (χ2v) is 11.7. The van der Waals surface area contributed by atoms with Crippen LogP contribution in [-0.4, -0.2) is 24.3 Å². The highest BCUT2D eigenvalue weighted by molar-refractivity contribution is 6.74. The first-order valence-electron chi connectivity index (χ1n) is 7.21. The number of carboxylic acids is 1. The van der Waals surface area contributed by atoms with E-state index in [9.17, 15) is 20.0 Å². The quantitative estimate of drug-likeness (QED) is 0.362. The number of carboxylic acid groups (broad SMARTS) is 1. The molecule has 0 amide bonds. The smallest absolute Gasteiger partial charge is 0.333 e. The lowest BCUT2D eigenvalue weighted by molar-refractivity contribution is -0.384. The van der Waals surface area contributed by atoms with E-state index in [0.29, 0.717) is 5.56 Å². The van der Waals surface area contributed by atoms with Gasteiger partial charge in [0, 0.05) is 12.1 Å². The predicted molar refractivity (Wildman–Crippen MR) is 90.9 cm³/mol. The van der Waals surface area contributed by atoms with Crippen molar-refractivity contribution >= 4 is 20.0 Å². The summed E-state index contributed by atoms with van der Waals surface area (Å²) in [6.45, 7) is 13.8. The molecule has 0 aromatic heterocycles. The van der Waals surface area contributed by atoms with Crippen molar-refractivity contribution in [3.63, 3.8) is 0 Å². The average molecular weight is 337 g/mol. The molecule has 7 heteroatoms. The molecule has 1 rings (SSSR count). The molecule has 0 aliphatic rings. The Morgan fingerprint density at radius 1 is 1.30 bits per heavy atom. The van der Waals surface area contributed by atoms with Crippen molar-refractivity contribution in [2.45, 2.75) is 45.0 Å². The number of non-ortho nitro benzene ring substituents is 1. The van der Waals surface area contributed by atoms with E-state index in [-0.39, 0.29) is 16.3 Å². The normalized spacial score (nSPS) is 13.4. The third kappa shape index (κ3) is 4.49. The van der Waals surface area contributed by atoms with Crippen molar-refractivity contribution in [3.05, 3.63) is 52.1 Å². The first-order valence-corrected chi connectivity index (χ1v) is 10.1. The molecule has 0 aliphatic carbocycles. The van der Waals surface area contributed by atoms with Gasteiger partial charge in [0.2, 0.25) is 0 Å². The zero-order chi connectivity index (χ0) is 18.0. The number of benzene rings is 1. The van der Waals surface area contributed by atoms with Crippen LogP contribution in [0.3, 0.4) is 0 Å². The van der Waals surface area contributed by atoms with Crippen LogP contribution in [0.15, 0.2) is 36.4 Å². The molecule has 0 aliphatic heterocycles. The van der Waals surface area contributed by atoms with Gasteiger partial charge in [0.1, 0.15) is 6.10 Å². The minimum absolute atomic E-state index is 0.0548. The average Bonchev–Trinajstić information content (AvgIpc) is 2.42. The molecule has 1 aromatic carbocycles. The summed E-state index contributed by atoms with van der Waals surface area (Å²) in [5, 5.41) is 19.9. The summed E-state index contributed by atoms with van der Waals surface area (Å²) in [5.41, 5.74) is 0.414. The van der Waals surface area contributed by atoms with E-state index >= 15 is 0 Å². The van der Waals surface area contributed by atoms with Gasteiger partial charge in [0.15, 0.2) is 8.32 Å². The van der Waals surface area contributed by atoms with Crippen LogP contribution >= 0.6 is 0 Å². The largest absolute Gasteiger partial charge is 0.478 e. The fourth-order valence-electron chi connectivity index (χ4n) is 1.69. The lowest BCUT2D eigenvalue weighted by atomic mass is 10.0. The standard InChI is InChI=1S/C16H23NO5Si/c1-11(15(18)19)14(22-23(5,6)16(2,3)4)12-7-9-13(10-8-12)17(20)21/h7-10,14H,1H2,2-6H3,(H,18,19). The first-order chi connectivity index (χ1) is 10.4. The van der Waals surface area contributed by atoms with Crippen LogP contribution in [0.25, 0.3) is 0 Å². The van der Waals surface area contributed by atoms with Crippen LogP contribution in [0.2, 0.25) is 18.1 Å². The van der Waals surface area contributed by atoms with Crippen molar-refractivity contribution in [2.75, 3.05) is 0 Å². The summed E-state index contributed by atoms with van der Waals surface area (Å²) in [7, 11) is -2.25. The van der Waals surface area contributed by atoms with E-state index in [1.54, 1.807) is 0 Å². The van der Waals surface area contributed by atoms with Gasteiger partial charge in [-0.05, 0) is 35.8 Å². The topological polar surface area (TPSA) is 89.7 Å². The number of nitrogens with zero attached hydrogens (tertiary/aromatic N) is 1. The summed E-state index contributed by atoms with van der Waals surface area (Å²) >= 11 is 0. The van der Waals surface area contributed by atoms with E-state index in [1.165, 1.54) is 24.3 Å². The number of hydrogen-bond acceptors (Lipinski definition) is 4. The fraction of sp³-hybridized carbons (Fsp3) is 0.438. The van der Waals surface area contributed by atoms with Gasteiger partial charge in [-0.3, -0.25) is 10.1 Å². The maximum Gasteiger partial charge on any atom is 0.333 e. The molecule has 6 nitrogen and oxygen atoms in total. The molecule has 0 bridgehead atoms. The molecule has 0 radical (unpaired) electrons. The van der Waals surface area contributed by atoms with Gasteiger partial charge in [0.25, 0.3) is 5.69 Å². The lowest BCUT2D eigenvalue weighted by Crippen LogP contribution is -2.42. The summed E-state index contributed by atoms with van der Waals surface area (Å²) in [6, 6.07) is 5.72. The fourth-order valence-corrected chi connectivity index (χ4v) is 2.92. The maximum absolute atomic E-state index is 11.4. The number of carbonyl (C=O) groups is 1. The molecule has 1 unspecified atom stereocenters. The highest BCUT2D eigenvalue weighted by Crippen LogP contribution is 2.41. The van der Waals surface area contributed by atoms with Gasteiger partial charge < -0.3 is 9.53 Å². The monoisotopic (exact) mass is 337 g/mol. The van der Waals surface area contributed by atoms with E-state index in [4.69, 9.17) is 4.43 Å². The molecule has 1 aromatic rings. The number of nitro benzene ring substituents is 1. The highest BCUT2D eigenvalue weighted by Gasteiger charge is 2.40. The van der Waals surface area contributed by atoms with E-state index in [2.05, 4.69) is 27.4 Å². The Kier molecular flexibility index (Phi) is 5.50. The van der Waals surface area contributed by atoms with Crippen molar-refractivity contribution in [1.82, 2.24) is 0 Å². The second kappa shape index (κ2) is 6.63. The number of nitro groups is 1. The van der Waals surface area contributed by atoms with Crippen molar-refractivity contribution in [1.29, 1.82) is 0 Å². The van der Waals surface area contributed by atoms with E-state index in [1.807, 2.05) is 13.1 Å².